The normalized spacial score (nSPS) is 10.8. The summed E-state index contributed by atoms with van der Waals surface area (Å²) in [6.07, 6.45) is 0. The Morgan fingerprint density at radius 2 is 2.33 bits per heavy atom. The smallest absolute Gasteiger partial charge is 0.109 e. The summed E-state index contributed by atoms with van der Waals surface area (Å²) in [6, 6.07) is 6.06. The van der Waals surface area contributed by atoms with E-state index in [9.17, 15) is 0 Å². The van der Waals surface area contributed by atoms with E-state index in [2.05, 4.69) is 20.9 Å². The first kappa shape index (κ1) is 8.48. The zero-order chi connectivity index (χ0) is 8.55. The Kier molecular flexibility index (Phi) is 2.35. The van der Waals surface area contributed by atoms with Gasteiger partial charge < -0.3 is 0 Å². The fourth-order valence-electron chi connectivity index (χ4n) is 1.01. The van der Waals surface area contributed by atoms with Crippen LogP contribution in [0.1, 0.15) is 5.01 Å². The van der Waals surface area contributed by atoms with E-state index in [0.717, 1.165) is 15.0 Å². The zero-order valence-corrected chi connectivity index (χ0v) is 9.21. The number of fused-ring (bicyclic) bond motifs is 1. The topological polar surface area (TPSA) is 12.9 Å². The summed E-state index contributed by atoms with van der Waals surface area (Å²) in [4.78, 5) is 4.35. The van der Waals surface area contributed by atoms with Gasteiger partial charge in [0.05, 0.1) is 16.1 Å². The molecule has 0 amide bonds. The van der Waals surface area contributed by atoms with Gasteiger partial charge in [-0.25, -0.2) is 4.98 Å². The Balaban J connectivity index is 2.67. The van der Waals surface area contributed by atoms with Crippen molar-refractivity contribution in [3.63, 3.8) is 0 Å². The lowest BCUT2D eigenvalue weighted by molar-refractivity contribution is 1.30. The molecule has 2 aromatic rings. The lowest BCUT2D eigenvalue weighted by Crippen LogP contribution is -1.71. The van der Waals surface area contributed by atoms with Crippen LogP contribution in [-0.4, -0.2) is 4.98 Å². The number of halogens is 2. The number of thiazole rings is 1. The first-order valence-corrected chi connectivity index (χ1v) is 5.55. The third-order valence-electron chi connectivity index (χ3n) is 1.51. The van der Waals surface area contributed by atoms with Gasteiger partial charge in [-0.3, -0.25) is 0 Å². The lowest BCUT2D eigenvalue weighted by atomic mass is 10.3. The largest absolute Gasteiger partial charge is 0.240 e. The molecule has 12 heavy (non-hydrogen) atoms. The van der Waals surface area contributed by atoms with Crippen LogP contribution in [0.4, 0.5) is 0 Å². The first-order chi connectivity index (χ1) is 5.79. The minimum Gasteiger partial charge on any atom is -0.240 e. The van der Waals surface area contributed by atoms with Crippen molar-refractivity contribution in [1.82, 2.24) is 4.98 Å². The summed E-state index contributed by atoms with van der Waals surface area (Å²) < 4.78 is 2.25. The van der Waals surface area contributed by atoms with Gasteiger partial charge in [-0.15, -0.1) is 22.9 Å². The molecule has 1 aromatic heterocycles. The van der Waals surface area contributed by atoms with Crippen molar-refractivity contribution in [3.05, 3.63) is 27.7 Å². The molecule has 0 fully saturated rings. The number of alkyl halides is 1. The maximum absolute atomic E-state index is 5.67. The van der Waals surface area contributed by atoms with Crippen molar-refractivity contribution in [2.75, 3.05) is 0 Å². The average Bonchev–Trinajstić information content (AvgIpc) is 2.46. The van der Waals surface area contributed by atoms with Crippen LogP contribution in [0, 0.1) is 0 Å². The van der Waals surface area contributed by atoms with E-state index < -0.39 is 0 Å². The molecule has 0 spiro atoms. The van der Waals surface area contributed by atoms with E-state index in [1.165, 1.54) is 4.70 Å². The molecule has 0 unspecified atom stereocenters. The summed E-state index contributed by atoms with van der Waals surface area (Å²) >= 11 is 10.7. The highest BCUT2D eigenvalue weighted by Crippen LogP contribution is 2.25. The molecule has 0 bridgehead atoms. The van der Waals surface area contributed by atoms with E-state index in [-0.39, 0.29) is 0 Å². The van der Waals surface area contributed by atoms with Gasteiger partial charge in [-0.05, 0) is 18.2 Å². The van der Waals surface area contributed by atoms with Crippen LogP contribution in [0.5, 0.6) is 0 Å². The molecule has 0 N–H and O–H groups in total. The molecule has 0 aliphatic carbocycles. The van der Waals surface area contributed by atoms with Gasteiger partial charge in [0.2, 0.25) is 0 Å². The maximum atomic E-state index is 5.67. The minimum absolute atomic E-state index is 0.497. The average molecular weight is 263 g/mol. The summed E-state index contributed by atoms with van der Waals surface area (Å²) in [5, 5.41) is 0.977. The van der Waals surface area contributed by atoms with Crippen LogP contribution in [0.2, 0.25) is 0 Å². The van der Waals surface area contributed by atoms with Gasteiger partial charge in [0.15, 0.2) is 0 Å². The van der Waals surface area contributed by atoms with Crippen molar-refractivity contribution >= 4 is 49.1 Å². The Morgan fingerprint density at radius 1 is 1.50 bits per heavy atom. The minimum atomic E-state index is 0.497. The highest BCUT2D eigenvalue weighted by molar-refractivity contribution is 9.10. The van der Waals surface area contributed by atoms with Gasteiger partial charge in [0, 0.05) is 4.47 Å². The Bertz CT molecular complexity index is 412. The first-order valence-electron chi connectivity index (χ1n) is 3.40. The number of aromatic nitrogens is 1. The predicted octanol–water partition coefficient (Wildman–Crippen LogP) is 3.80. The fraction of sp³-hybridized carbons (Fsp3) is 0.125. The van der Waals surface area contributed by atoms with Crippen LogP contribution in [-0.2, 0) is 5.88 Å². The van der Waals surface area contributed by atoms with Gasteiger partial charge >= 0.3 is 0 Å². The van der Waals surface area contributed by atoms with E-state index >= 15 is 0 Å². The molecule has 1 heterocycles. The highest BCUT2D eigenvalue weighted by atomic mass is 79.9. The van der Waals surface area contributed by atoms with Crippen molar-refractivity contribution in [1.29, 1.82) is 0 Å². The summed E-state index contributed by atoms with van der Waals surface area (Å²) in [6.45, 7) is 0. The molecule has 0 saturated heterocycles. The summed E-state index contributed by atoms with van der Waals surface area (Å²) in [5.74, 6) is 0.497. The Morgan fingerprint density at radius 3 is 3.08 bits per heavy atom. The van der Waals surface area contributed by atoms with Crippen LogP contribution in [0.25, 0.3) is 10.2 Å². The molecule has 1 nitrogen and oxygen atoms in total. The molecule has 0 radical (unpaired) electrons. The molecule has 0 aliphatic heterocycles. The second kappa shape index (κ2) is 3.32. The number of rotatable bonds is 1. The molecule has 0 saturated carbocycles. The van der Waals surface area contributed by atoms with Gasteiger partial charge in [0.25, 0.3) is 0 Å². The maximum Gasteiger partial charge on any atom is 0.109 e. The zero-order valence-electron chi connectivity index (χ0n) is 6.05. The Labute approximate surface area is 87.5 Å². The van der Waals surface area contributed by atoms with Crippen molar-refractivity contribution in [2.45, 2.75) is 5.88 Å². The number of nitrogens with zero attached hydrogens (tertiary/aromatic N) is 1. The molecule has 4 heteroatoms. The van der Waals surface area contributed by atoms with Crippen LogP contribution >= 0.6 is 38.9 Å². The molecule has 62 valence electrons. The van der Waals surface area contributed by atoms with Crippen molar-refractivity contribution in [3.8, 4) is 0 Å². The van der Waals surface area contributed by atoms with Crippen LogP contribution in [0.15, 0.2) is 22.7 Å². The molecular weight excluding hydrogens is 258 g/mol. The van der Waals surface area contributed by atoms with E-state index in [1.54, 1.807) is 11.3 Å². The Hall–Kier alpha value is -0.120. The third kappa shape index (κ3) is 1.49. The number of hydrogen-bond donors (Lipinski definition) is 0. The number of benzene rings is 1. The molecule has 0 aliphatic rings. The second-order valence-corrected chi connectivity index (χ2v) is 4.65. The quantitative estimate of drug-likeness (QED) is 0.713. The predicted molar refractivity (Wildman–Crippen MR) is 56.9 cm³/mol. The molecule has 0 atom stereocenters. The summed E-state index contributed by atoms with van der Waals surface area (Å²) in [7, 11) is 0. The monoisotopic (exact) mass is 261 g/mol. The van der Waals surface area contributed by atoms with Crippen LogP contribution < -0.4 is 0 Å². The fourth-order valence-corrected chi connectivity index (χ4v) is 2.38. The van der Waals surface area contributed by atoms with Crippen LogP contribution in [0.3, 0.4) is 0 Å². The number of hydrogen-bond acceptors (Lipinski definition) is 2. The van der Waals surface area contributed by atoms with Gasteiger partial charge in [-0.2, -0.15) is 0 Å². The highest BCUT2D eigenvalue weighted by Gasteiger charge is 2.01. The second-order valence-electron chi connectivity index (χ2n) is 2.35. The molecule has 1 aromatic carbocycles. The molecular formula is C8H5BrClNS. The van der Waals surface area contributed by atoms with Crippen molar-refractivity contribution in [2.24, 2.45) is 0 Å². The standard InChI is InChI=1S/C8H5BrClNS/c9-5-1-2-7-6(3-5)11-8(4-10)12-7/h1-3H,4H2. The van der Waals surface area contributed by atoms with Gasteiger partial charge in [-0.1, -0.05) is 15.9 Å². The summed E-state index contributed by atoms with van der Waals surface area (Å²) in [5.41, 5.74) is 1.02. The van der Waals surface area contributed by atoms with Gasteiger partial charge in [0.1, 0.15) is 5.01 Å². The van der Waals surface area contributed by atoms with Crippen molar-refractivity contribution < 1.29 is 0 Å². The van der Waals surface area contributed by atoms with E-state index in [0.29, 0.717) is 5.88 Å². The van der Waals surface area contributed by atoms with E-state index in [1.807, 2.05) is 18.2 Å². The lowest BCUT2D eigenvalue weighted by Gasteiger charge is -1.87. The molecule has 2 rings (SSSR count). The SMILES string of the molecule is ClCc1nc2cc(Br)ccc2s1. The third-order valence-corrected chi connectivity index (χ3v) is 3.45. The van der Waals surface area contributed by atoms with E-state index in [4.69, 9.17) is 11.6 Å².